The molecule has 0 aromatic carbocycles. The molecule has 0 aromatic heterocycles. The molecule has 0 heterocycles. The summed E-state index contributed by atoms with van der Waals surface area (Å²) in [5.74, 6) is -0.465. The maximum absolute atomic E-state index is 11.0. The van der Waals surface area contributed by atoms with Gasteiger partial charge in [-0.25, -0.2) is 4.79 Å². The summed E-state index contributed by atoms with van der Waals surface area (Å²) < 4.78 is 4.74. The molecule has 0 spiro atoms. The summed E-state index contributed by atoms with van der Waals surface area (Å²) in [4.78, 5) is 22.0. The van der Waals surface area contributed by atoms with Crippen LogP contribution in [0.5, 0.6) is 0 Å². The van der Waals surface area contributed by atoms with E-state index in [-0.39, 0.29) is 6.10 Å². The van der Waals surface area contributed by atoms with Crippen LogP contribution in [0.2, 0.25) is 0 Å². The molecule has 3 N–H and O–H groups in total. The lowest BCUT2D eigenvalue weighted by Crippen LogP contribution is -2.48. The molecule has 2 amide bonds. The smallest absolute Gasteiger partial charge is 0.408 e. The second kappa shape index (κ2) is 10.2. The van der Waals surface area contributed by atoms with Crippen molar-refractivity contribution < 1.29 is 19.4 Å². The third-order valence-corrected chi connectivity index (χ3v) is 1.38. The van der Waals surface area contributed by atoms with E-state index in [1.54, 1.807) is 13.8 Å². The number of rotatable bonds is 4. The van der Waals surface area contributed by atoms with E-state index in [2.05, 4.69) is 10.6 Å². The number of amides is 2. The zero-order valence-electron chi connectivity index (χ0n) is 10.5. The number of aliphatic hydroxyl groups excluding tert-OH is 1. The topological polar surface area (TPSA) is 87.7 Å². The fraction of sp³-hybridized carbons (Fsp3) is 0.800. The Bertz CT molecular complexity index is 207. The summed E-state index contributed by atoms with van der Waals surface area (Å²) in [6, 6.07) is -0.966. The summed E-state index contributed by atoms with van der Waals surface area (Å²) in [7, 11) is 1.42. The quantitative estimate of drug-likeness (QED) is 0.651. The normalized spacial score (nSPS) is 10.9. The van der Waals surface area contributed by atoms with E-state index in [1.807, 2.05) is 13.8 Å². The van der Waals surface area contributed by atoms with Gasteiger partial charge in [0.2, 0.25) is 5.91 Å². The zero-order valence-corrected chi connectivity index (χ0v) is 10.5. The van der Waals surface area contributed by atoms with E-state index >= 15 is 0 Å². The molecule has 0 saturated heterocycles. The molecule has 0 rings (SSSR count). The van der Waals surface area contributed by atoms with Crippen molar-refractivity contribution in [2.24, 2.45) is 0 Å². The first-order valence-electron chi connectivity index (χ1n) is 5.30. The molecule has 0 bridgehead atoms. The van der Waals surface area contributed by atoms with Gasteiger partial charge in [0.1, 0.15) is 6.04 Å². The van der Waals surface area contributed by atoms with Crippen LogP contribution in [0, 0.1) is 0 Å². The van der Waals surface area contributed by atoms with Crippen molar-refractivity contribution in [1.82, 2.24) is 10.6 Å². The first-order valence-corrected chi connectivity index (χ1v) is 5.30. The third-order valence-electron chi connectivity index (χ3n) is 1.38. The van der Waals surface area contributed by atoms with Gasteiger partial charge in [0.25, 0.3) is 0 Å². The molecule has 6 nitrogen and oxygen atoms in total. The monoisotopic (exact) mass is 234 g/mol. The van der Waals surface area contributed by atoms with Crippen LogP contribution in [0.3, 0.4) is 0 Å². The van der Waals surface area contributed by atoms with Gasteiger partial charge in [-0.3, -0.25) is 4.79 Å². The number of nitrogens with one attached hydrogen (secondary N) is 2. The summed E-state index contributed by atoms with van der Waals surface area (Å²) in [6.45, 7) is 6.91. The minimum atomic E-state index is -0.966. The predicted octanol–water partition coefficient (Wildman–Crippen LogP) is 0.254. The van der Waals surface area contributed by atoms with E-state index in [9.17, 15) is 9.59 Å². The van der Waals surface area contributed by atoms with Crippen LogP contribution in [0.25, 0.3) is 0 Å². The molecular formula is C10H22N2O4. The molecule has 96 valence electrons. The van der Waals surface area contributed by atoms with Crippen molar-refractivity contribution in [3.8, 4) is 0 Å². The second-order valence-electron chi connectivity index (χ2n) is 2.95. The van der Waals surface area contributed by atoms with Crippen molar-refractivity contribution in [2.45, 2.75) is 39.8 Å². The molecule has 1 unspecified atom stereocenters. The summed E-state index contributed by atoms with van der Waals surface area (Å²) in [6.07, 6.45) is -0.985. The lowest BCUT2D eigenvalue weighted by Gasteiger charge is -2.15. The number of carbonyl (C=O) groups excluding carboxylic acids is 2. The highest BCUT2D eigenvalue weighted by molar-refractivity contribution is 5.85. The number of ether oxygens (including phenoxy) is 1. The van der Waals surface area contributed by atoms with E-state index < -0.39 is 24.6 Å². The van der Waals surface area contributed by atoms with Crippen LogP contribution < -0.4 is 10.6 Å². The van der Waals surface area contributed by atoms with E-state index in [1.165, 1.54) is 7.05 Å². The molecule has 0 saturated carbocycles. The molecule has 0 radical (unpaired) electrons. The van der Waals surface area contributed by atoms with E-state index in [4.69, 9.17) is 9.84 Å². The van der Waals surface area contributed by atoms with Gasteiger partial charge in [-0.2, -0.15) is 0 Å². The van der Waals surface area contributed by atoms with E-state index in [0.717, 1.165) is 0 Å². The van der Waals surface area contributed by atoms with Gasteiger partial charge in [0, 0.05) is 7.05 Å². The molecule has 0 aliphatic rings. The number of alkyl carbamates (subject to hydrolysis) is 1. The Morgan fingerprint density at radius 2 is 1.81 bits per heavy atom. The molecule has 1 atom stereocenters. The largest absolute Gasteiger partial charge is 0.447 e. The number of likely N-dealkylation sites (N-methyl/N-ethyl adjacent to an activating group) is 1. The lowest BCUT2D eigenvalue weighted by molar-refractivity contribution is -0.123. The SMILES string of the molecule is CC.CNC(=O)C(CO)NC(=O)OC(C)C. The van der Waals surface area contributed by atoms with Gasteiger partial charge < -0.3 is 20.5 Å². The predicted molar refractivity (Wildman–Crippen MR) is 61.0 cm³/mol. The molecule has 16 heavy (non-hydrogen) atoms. The van der Waals surface area contributed by atoms with E-state index in [0.29, 0.717) is 0 Å². The van der Waals surface area contributed by atoms with Crippen LogP contribution in [0.4, 0.5) is 4.79 Å². The molecule has 0 fully saturated rings. The van der Waals surface area contributed by atoms with Gasteiger partial charge in [0.05, 0.1) is 12.7 Å². The van der Waals surface area contributed by atoms with Gasteiger partial charge >= 0.3 is 6.09 Å². The lowest BCUT2D eigenvalue weighted by atomic mass is 10.3. The highest BCUT2D eigenvalue weighted by Crippen LogP contribution is 1.90. The van der Waals surface area contributed by atoms with Crippen LogP contribution in [-0.4, -0.2) is 42.9 Å². The fourth-order valence-electron chi connectivity index (χ4n) is 0.759. The Balaban J connectivity index is 0. The number of hydrogen-bond acceptors (Lipinski definition) is 4. The molecule has 0 aromatic rings. The molecule has 0 aliphatic heterocycles. The first kappa shape index (κ1) is 17.1. The van der Waals surface area contributed by atoms with Crippen molar-refractivity contribution in [2.75, 3.05) is 13.7 Å². The Labute approximate surface area is 96.4 Å². The summed E-state index contributed by atoms with van der Waals surface area (Å²) >= 11 is 0. The van der Waals surface area contributed by atoms with Crippen LogP contribution in [-0.2, 0) is 9.53 Å². The maximum atomic E-state index is 11.0. The standard InChI is InChI=1S/C8H16N2O4.C2H6/c1-5(2)14-8(13)10-6(4-11)7(12)9-3;1-2/h5-6,11H,4H2,1-3H3,(H,9,12)(H,10,13);1-2H3. The number of hydrogen-bond donors (Lipinski definition) is 3. The van der Waals surface area contributed by atoms with Crippen molar-refractivity contribution in [3.05, 3.63) is 0 Å². The first-order chi connectivity index (χ1) is 7.51. The third kappa shape index (κ3) is 8.05. The van der Waals surface area contributed by atoms with Crippen LogP contribution in [0.15, 0.2) is 0 Å². The molecule has 0 aliphatic carbocycles. The highest BCUT2D eigenvalue weighted by Gasteiger charge is 2.19. The van der Waals surface area contributed by atoms with Crippen LogP contribution in [0.1, 0.15) is 27.7 Å². The van der Waals surface area contributed by atoms with Crippen molar-refractivity contribution in [1.29, 1.82) is 0 Å². The zero-order chi connectivity index (χ0) is 13.1. The van der Waals surface area contributed by atoms with Crippen molar-refractivity contribution >= 4 is 12.0 Å². The highest BCUT2D eigenvalue weighted by atomic mass is 16.6. The minimum Gasteiger partial charge on any atom is -0.447 e. The summed E-state index contributed by atoms with van der Waals surface area (Å²) in [5.41, 5.74) is 0. The number of aliphatic hydroxyl groups is 1. The number of carbonyl (C=O) groups is 2. The Morgan fingerprint density at radius 1 is 1.31 bits per heavy atom. The molecular weight excluding hydrogens is 212 g/mol. The van der Waals surface area contributed by atoms with Crippen LogP contribution >= 0.6 is 0 Å². The average molecular weight is 234 g/mol. The average Bonchev–Trinajstić information content (AvgIpc) is 2.26. The second-order valence-corrected chi connectivity index (χ2v) is 2.95. The van der Waals surface area contributed by atoms with Crippen molar-refractivity contribution in [3.63, 3.8) is 0 Å². The maximum Gasteiger partial charge on any atom is 0.408 e. The molecule has 6 heteroatoms. The Morgan fingerprint density at radius 3 is 2.12 bits per heavy atom. The van der Waals surface area contributed by atoms with Gasteiger partial charge in [-0.1, -0.05) is 13.8 Å². The van der Waals surface area contributed by atoms with Gasteiger partial charge in [-0.15, -0.1) is 0 Å². The Hall–Kier alpha value is -1.30. The van der Waals surface area contributed by atoms with Gasteiger partial charge in [0.15, 0.2) is 0 Å². The summed E-state index contributed by atoms with van der Waals surface area (Å²) in [5, 5.41) is 13.3. The minimum absolute atomic E-state index is 0.265. The van der Waals surface area contributed by atoms with Gasteiger partial charge in [-0.05, 0) is 13.8 Å². The fourth-order valence-corrected chi connectivity index (χ4v) is 0.759. The Kier molecular flexibility index (Phi) is 10.9.